The number of nitrogens with two attached hydrogens (primary N) is 1. The Morgan fingerprint density at radius 2 is 1.67 bits per heavy atom. The van der Waals surface area contributed by atoms with Crippen LogP contribution in [0.1, 0.15) is 22.7 Å². The lowest BCUT2D eigenvalue weighted by Crippen LogP contribution is -2.15. The van der Waals surface area contributed by atoms with Gasteiger partial charge < -0.3 is 5.73 Å². The highest BCUT2D eigenvalue weighted by Crippen LogP contribution is 2.32. The number of halogens is 6. The van der Waals surface area contributed by atoms with Crippen molar-refractivity contribution in [1.82, 2.24) is 0 Å². The second kappa shape index (κ2) is 5.61. The first-order valence-corrected chi connectivity index (χ1v) is 6.15. The first-order chi connectivity index (χ1) is 9.70. The van der Waals surface area contributed by atoms with Gasteiger partial charge in [-0.25, -0.2) is 8.78 Å². The van der Waals surface area contributed by atoms with Crippen LogP contribution in [0.5, 0.6) is 0 Å². The van der Waals surface area contributed by atoms with Gasteiger partial charge in [0.2, 0.25) is 0 Å². The molecule has 0 aliphatic carbocycles. The van der Waals surface area contributed by atoms with Crippen LogP contribution in [-0.2, 0) is 6.18 Å². The molecule has 0 aromatic heterocycles. The standard InChI is InChI=1S/C14H9ClF5N/c15-10-6-11(16)9(5-12(10)17)13(21)7-2-1-3-8(4-7)14(18,19)20/h1-6,13H,21H2. The second-order valence-corrected chi connectivity index (χ2v) is 4.80. The van der Waals surface area contributed by atoms with Crippen LogP contribution in [0.25, 0.3) is 0 Å². The number of benzene rings is 2. The third kappa shape index (κ3) is 3.33. The summed E-state index contributed by atoms with van der Waals surface area (Å²) >= 11 is 5.42. The lowest BCUT2D eigenvalue weighted by atomic mass is 9.97. The van der Waals surface area contributed by atoms with E-state index in [0.29, 0.717) is 0 Å². The van der Waals surface area contributed by atoms with E-state index in [-0.39, 0.29) is 11.1 Å². The van der Waals surface area contributed by atoms with Gasteiger partial charge in [0.05, 0.1) is 16.6 Å². The summed E-state index contributed by atoms with van der Waals surface area (Å²) in [5.74, 6) is -1.78. The number of hydrogen-bond donors (Lipinski definition) is 1. The fourth-order valence-corrected chi connectivity index (χ4v) is 2.01. The van der Waals surface area contributed by atoms with E-state index in [2.05, 4.69) is 0 Å². The van der Waals surface area contributed by atoms with Gasteiger partial charge in [-0.3, -0.25) is 0 Å². The van der Waals surface area contributed by atoms with Crippen LogP contribution < -0.4 is 5.73 Å². The fourth-order valence-electron chi connectivity index (χ4n) is 1.86. The Morgan fingerprint density at radius 3 is 2.29 bits per heavy atom. The summed E-state index contributed by atoms with van der Waals surface area (Å²) in [7, 11) is 0. The predicted octanol–water partition coefficient (Wildman–Crippen LogP) is 4.69. The van der Waals surface area contributed by atoms with E-state index in [0.717, 1.165) is 30.3 Å². The maximum Gasteiger partial charge on any atom is 0.416 e. The quantitative estimate of drug-likeness (QED) is 0.630. The molecule has 2 aromatic carbocycles. The van der Waals surface area contributed by atoms with Gasteiger partial charge in [0.1, 0.15) is 11.6 Å². The largest absolute Gasteiger partial charge is 0.416 e. The zero-order chi connectivity index (χ0) is 15.8. The molecular formula is C14H9ClF5N. The van der Waals surface area contributed by atoms with Gasteiger partial charge in [-0.2, -0.15) is 13.2 Å². The van der Waals surface area contributed by atoms with Crippen molar-refractivity contribution in [3.8, 4) is 0 Å². The van der Waals surface area contributed by atoms with Crippen LogP contribution in [0.4, 0.5) is 22.0 Å². The minimum Gasteiger partial charge on any atom is -0.320 e. The minimum absolute atomic E-state index is 0.0189. The van der Waals surface area contributed by atoms with Crippen molar-refractivity contribution in [3.63, 3.8) is 0 Å². The second-order valence-electron chi connectivity index (χ2n) is 4.39. The monoisotopic (exact) mass is 321 g/mol. The summed E-state index contributed by atoms with van der Waals surface area (Å²) in [6.07, 6.45) is -4.54. The highest BCUT2D eigenvalue weighted by Gasteiger charge is 2.31. The van der Waals surface area contributed by atoms with Gasteiger partial charge in [0.15, 0.2) is 0 Å². The highest BCUT2D eigenvalue weighted by atomic mass is 35.5. The zero-order valence-electron chi connectivity index (χ0n) is 10.4. The number of alkyl halides is 3. The molecule has 0 saturated carbocycles. The first-order valence-electron chi connectivity index (χ1n) is 5.77. The molecule has 112 valence electrons. The molecule has 7 heteroatoms. The molecule has 21 heavy (non-hydrogen) atoms. The molecule has 0 radical (unpaired) electrons. The van der Waals surface area contributed by atoms with Gasteiger partial charge in [-0.1, -0.05) is 23.7 Å². The Bertz CT molecular complexity index is 669. The lowest BCUT2D eigenvalue weighted by Gasteiger charge is -2.16. The average Bonchev–Trinajstić information content (AvgIpc) is 2.41. The minimum atomic E-state index is -4.54. The van der Waals surface area contributed by atoms with Gasteiger partial charge in [-0.15, -0.1) is 0 Å². The molecule has 0 fully saturated rings. The van der Waals surface area contributed by atoms with Crippen molar-refractivity contribution < 1.29 is 22.0 Å². The highest BCUT2D eigenvalue weighted by molar-refractivity contribution is 6.30. The normalized spacial score (nSPS) is 13.3. The summed E-state index contributed by atoms with van der Waals surface area (Å²) in [5, 5.41) is -0.424. The predicted molar refractivity (Wildman–Crippen MR) is 68.8 cm³/mol. The van der Waals surface area contributed by atoms with E-state index >= 15 is 0 Å². The third-order valence-electron chi connectivity index (χ3n) is 2.95. The Kier molecular flexibility index (Phi) is 4.20. The van der Waals surface area contributed by atoms with Crippen molar-refractivity contribution >= 4 is 11.6 Å². The van der Waals surface area contributed by atoms with Crippen LogP contribution >= 0.6 is 11.6 Å². The molecule has 2 rings (SSSR count). The maximum atomic E-state index is 13.7. The molecule has 0 heterocycles. The molecule has 0 amide bonds. The van der Waals surface area contributed by atoms with Crippen LogP contribution in [0.3, 0.4) is 0 Å². The van der Waals surface area contributed by atoms with Crippen molar-refractivity contribution in [2.24, 2.45) is 5.73 Å². The van der Waals surface area contributed by atoms with Gasteiger partial charge in [-0.05, 0) is 29.8 Å². The molecular weight excluding hydrogens is 313 g/mol. The molecule has 0 aliphatic rings. The van der Waals surface area contributed by atoms with E-state index in [1.165, 1.54) is 6.07 Å². The molecule has 0 spiro atoms. The zero-order valence-corrected chi connectivity index (χ0v) is 11.1. The van der Waals surface area contributed by atoms with Crippen molar-refractivity contribution in [3.05, 3.63) is 69.7 Å². The fraction of sp³-hybridized carbons (Fsp3) is 0.143. The number of rotatable bonds is 2. The van der Waals surface area contributed by atoms with Crippen molar-refractivity contribution in [1.29, 1.82) is 0 Å². The molecule has 2 aromatic rings. The Balaban J connectivity index is 2.45. The summed E-state index contributed by atoms with van der Waals surface area (Å²) in [5.41, 5.74) is 4.57. The summed E-state index contributed by atoms with van der Waals surface area (Å²) in [4.78, 5) is 0. The van der Waals surface area contributed by atoms with Gasteiger partial charge >= 0.3 is 6.18 Å². The summed E-state index contributed by atoms with van der Waals surface area (Å²) in [6.45, 7) is 0. The van der Waals surface area contributed by atoms with E-state index in [1.54, 1.807) is 0 Å². The van der Waals surface area contributed by atoms with Gasteiger partial charge in [0, 0.05) is 5.56 Å². The van der Waals surface area contributed by atoms with Crippen LogP contribution in [-0.4, -0.2) is 0 Å². The molecule has 0 aliphatic heterocycles. The van der Waals surface area contributed by atoms with E-state index in [1.807, 2.05) is 0 Å². The van der Waals surface area contributed by atoms with E-state index in [9.17, 15) is 22.0 Å². The Labute approximate surface area is 122 Å². The van der Waals surface area contributed by atoms with E-state index in [4.69, 9.17) is 17.3 Å². The maximum absolute atomic E-state index is 13.7. The molecule has 1 atom stereocenters. The first kappa shape index (κ1) is 15.7. The molecule has 2 N–H and O–H groups in total. The summed E-state index contributed by atoms with van der Waals surface area (Å²) in [6, 6.07) is 4.42. The third-order valence-corrected chi connectivity index (χ3v) is 3.24. The molecule has 0 bridgehead atoms. The average molecular weight is 322 g/mol. The van der Waals surface area contributed by atoms with Crippen LogP contribution in [0, 0.1) is 11.6 Å². The molecule has 1 nitrogen and oxygen atoms in total. The van der Waals surface area contributed by atoms with Crippen LogP contribution in [0.15, 0.2) is 36.4 Å². The molecule has 0 saturated heterocycles. The topological polar surface area (TPSA) is 26.0 Å². The van der Waals surface area contributed by atoms with Gasteiger partial charge in [0.25, 0.3) is 0 Å². The van der Waals surface area contributed by atoms with Crippen molar-refractivity contribution in [2.75, 3.05) is 0 Å². The molecule has 1 unspecified atom stereocenters. The van der Waals surface area contributed by atoms with Crippen LogP contribution in [0.2, 0.25) is 5.02 Å². The van der Waals surface area contributed by atoms with Crippen molar-refractivity contribution in [2.45, 2.75) is 12.2 Å². The summed E-state index contributed by atoms with van der Waals surface area (Å²) < 4.78 is 65.0. The van der Waals surface area contributed by atoms with E-state index < -0.39 is 34.4 Å². The smallest absolute Gasteiger partial charge is 0.320 e. The Morgan fingerprint density at radius 1 is 1.00 bits per heavy atom. The SMILES string of the molecule is NC(c1cccc(C(F)(F)F)c1)c1cc(F)c(Cl)cc1F. The lowest BCUT2D eigenvalue weighted by molar-refractivity contribution is -0.137. The Hall–Kier alpha value is -1.66. The number of hydrogen-bond acceptors (Lipinski definition) is 1.